The number of hydrogen-bond donors (Lipinski definition) is 0. The topological polar surface area (TPSA) is 71.7 Å². The van der Waals surface area contributed by atoms with E-state index in [-0.39, 0.29) is 0 Å². The lowest BCUT2D eigenvalue weighted by atomic mass is 10.1. The normalized spacial score (nSPS) is 12.1. The molecule has 0 amide bonds. The number of aromatic nitrogens is 2. The lowest BCUT2D eigenvalue weighted by Gasteiger charge is -2.22. The third-order valence-electron chi connectivity index (χ3n) is 11.2. The molecular formula is C50H28N4O3S2. The molecule has 0 radical (unpaired) electrons. The van der Waals surface area contributed by atoms with Gasteiger partial charge < -0.3 is 13.3 Å². The zero-order chi connectivity index (χ0) is 38.6. The average molecular weight is 797 g/mol. The molecule has 0 aliphatic carbocycles. The highest BCUT2D eigenvalue weighted by Gasteiger charge is 2.23. The van der Waals surface area contributed by atoms with E-state index >= 15 is 0 Å². The summed E-state index contributed by atoms with van der Waals surface area (Å²) in [5, 5.41) is 10.5. The van der Waals surface area contributed by atoms with Crippen molar-refractivity contribution >= 4 is 142 Å². The maximum atomic E-state index is 6.75. The molecule has 278 valence electrons. The summed E-state index contributed by atoms with van der Waals surface area (Å²) in [6, 6.07) is 54.5. The fourth-order valence-corrected chi connectivity index (χ4v) is 10.6. The average Bonchev–Trinajstić information content (AvgIpc) is 4.10. The van der Waals surface area contributed by atoms with Crippen molar-refractivity contribution in [1.82, 2.24) is 9.97 Å². The number of thiophene rings is 2. The Morgan fingerprint density at radius 2 is 0.763 bits per heavy atom. The molecule has 0 saturated carbocycles. The molecule has 59 heavy (non-hydrogen) atoms. The largest absolute Gasteiger partial charge is 0.456 e. The summed E-state index contributed by atoms with van der Waals surface area (Å²) < 4.78 is 21.9. The Labute approximate surface area is 343 Å². The van der Waals surface area contributed by atoms with Crippen LogP contribution in [0.4, 0.5) is 33.0 Å². The van der Waals surface area contributed by atoms with Gasteiger partial charge in [-0.15, -0.1) is 22.7 Å². The van der Waals surface area contributed by atoms with Gasteiger partial charge in [-0.05, 0) is 71.4 Å². The fraction of sp³-hybridized carbons (Fsp3) is 0. The van der Waals surface area contributed by atoms with E-state index in [0.717, 1.165) is 98.8 Å². The molecule has 9 heteroatoms. The van der Waals surface area contributed by atoms with Crippen molar-refractivity contribution in [1.29, 1.82) is 0 Å². The Balaban J connectivity index is 0.959. The molecule has 13 rings (SSSR count). The van der Waals surface area contributed by atoms with Gasteiger partial charge in [0, 0.05) is 78.4 Å². The zero-order valence-electron chi connectivity index (χ0n) is 31.0. The number of furan rings is 3. The van der Waals surface area contributed by atoms with E-state index in [4.69, 9.17) is 23.2 Å². The molecule has 0 N–H and O–H groups in total. The Bertz CT molecular complexity index is 3480. The van der Waals surface area contributed by atoms with Gasteiger partial charge in [0.2, 0.25) is 0 Å². The van der Waals surface area contributed by atoms with E-state index in [1.807, 2.05) is 60.9 Å². The maximum Gasteiger partial charge on any atom is 0.141 e. The molecule has 0 unspecified atom stereocenters. The number of nitrogens with zero attached hydrogens (tertiary/aromatic N) is 4. The number of rotatable bonds is 6. The molecule has 0 atom stereocenters. The van der Waals surface area contributed by atoms with Crippen molar-refractivity contribution in [2.24, 2.45) is 0 Å². The van der Waals surface area contributed by atoms with Crippen molar-refractivity contribution in [2.75, 3.05) is 9.80 Å². The highest BCUT2D eigenvalue weighted by atomic mass is 32.1. The monoisotopic (exact) mass is 796 g/mol. The summed E-state index contributed by atoms with van der Waals surface area (Å²) in [5.74, 6) is 1.47. The van der Waals surface area contributed by atoms with E-state index in [2.05, 4.69) is 119 Å². The van der Waals surface area contributed by atoms with Crippen molar-refractivity contribution in [3.63, 3.8) is 0 Å². The molecule has 7 aromatic heterocycles. The second-order valence-electron chi connectivity index (χ2n) is 14.7. The van der Waals surface area contributed by atoms with E-state index < -0.39 is 0 Å². The molecule has 7 heterocycles. The first-order valence-electron chi connectivity index (χ1n) is 19.3. The molecular weight excluding hydrogens is 769 g/mol. The van der Waals surface area contributed by atoms with Crippen LogP contribution in [0.5, 0.6) is 0 Å². The van der Waals surface area contributed by atoms with Crippen LogP contribution in [0.2, 0.25) is 0 Å². The quantitative estimate of drug-likeness (QED) is 0.166. The van der Waals surface area contributed by atoms with Crippen LogP contribution in [0.15, 0.2) is 183 Å². The smallest absolute Gasteiger partial charge is 0.141 e. The van der Waals surface area contributed by atoms with Crippen molar-refractivity contribution in [2.45, 2.75) is 0 Å². The summed E-state index contributed by atoms with van der Waals surface area (Å²) in [4.78, 5) is 14.6. The maximum absolute atomic E-state index is 6.75. The van der Waals surface area contributed by atoms with Crippen LogP contribution in [0, 0.1) is 0 Å². The number of benzene rings is 6. The highest BCUT2D eigenvalue weighted by molar-refractivity contribution is 7.23. The molecule has 0 aliphatic heterocycles. The van der Waals surface area contributed by atoms with E-state index in [0.29, 0.717) is 0 Å². The van der Waals surface area contributed by atoms with Crippen LogP contribution in [-0.2, 0) is 0 Å². The van der Waals surface area contributed by atoms with E-state index in [9.17, 15) is 0 Å². The zero-order valence-corrected chi connectivity index (χ0v) is 32.6. The summed E-state index contributed by atoms with van der Waals surface area (Å²) in [7, 11) is 0. The van der Waals surface area contributed by atoms with Crippen molar-refractivity contribution in [3.8, 4) is 0 Å². The molecule has 13 aromatic rings. The van der Waals surface area contributed by atoms with Gasteiger partial charge in [0.25, 0.3) is 0 Å². The molecule has 0 spiro atoms. The SMILES string of the molecule is c1ccc2sc(N(c3ccc4c(c3)oc3ccccc34)c3cc4oc5cc(N(c6ccc7c(c6)oc6ccccc67)c6cc7ccccc7s6)ncc5c4cn3)cc2c1. The van der Waals surface area contributed by atoms with Crippen LogP contribution in [-0.4, -0.2) is 9.97 Å². The Morgan fingerprint density at radius 3 is 1.25 bits per heavy atom. The lowest BCUT2D eigenvalue weighted by molar-refractivity contribution is 0.668. The number of anilines is 6. The van der Waals surface area contributed by atoms with Crippen LogP contribution in [0.3, 0.4) is 0 Å². The second-order valence-corrected chi connectivity index (χ2v) is 16.8. The van der Waals surface area contributed by atoms with Gasteiger partial charge in [0.1, 0.15) is 55.1 Å². The van der Waals surface area contributed by atoms with Gasteiger partial charge in [0.05, 0.1) is 11.4 Å². The summed E-state index contributed by atoms with van der Waals surface area (Å²) >= 11 is 3.45. The van der Waals surface area contributed by atoms with Gasteiger partial charge in [0.15, 0.2) is 0 Å². The summed E-state index contributed by atoms with van der Waals surface area (Å²) in [6.07, 6.45) is 3.80. The number of pyridine rings is 2. The predicted molar refractivity (Wildman–Crippen MR) is 244 cm³/mol. The molecule has 0 saturated heterocycles. The van der Waals surface area contributed by atoms with Crippen molar-refractivity contribution < 1.29 is 13.3 Å². The number of hydrogen-bond acceptors (Lipinski definition) is 9. The van der Waals surface area contributed by atoms with Gasteiger partial charge >= 0.3 is 0 Å². The van der Waals surface area contributed by atoms with E-state index in [1.54, 1.807) is 22.7 Å². The van der Waals surface area contributed by atoms with E-state index in [1.165, 1.54) is 20.2 Å². The minimum atomic E-state index is 0.719. The van der Waals surface area contributed by atoms with Gasteiger partial charge in [-0.1, -0.05) is 72.8 Å². The first-order valence-corrected chi connectivity index (χ1v) is 20.9. The second kappa shape index (κ2) is 12.5. The lowest BCUT2D eigenvalue weighted by Crippen LogP contribution is -2.10. The first kappa shape index (κ1) is 32.6. The number of fused-ring (bicyclic) bond motifs is 11. The molecule has 6 aromatic carbocycles. The Kier molecular flexibility index (Phi) is 6.92. The fourth-order valence-electron chi connectivity index (χ4n) is 8.40. The highest BCUT2D eigenvalue weighted by Crippen LogP contribution is 2.46. The minimum Gasteiger partial charge on any atom is -0.456 e. The third kappa shape index (κ3) is 5.12. The summed E-state index contributed by atoms with van der Waals surface area (Å²) in [6.45, 7) is 0. The molecule has 0 aliphatic rings. The molecule has 0 fully saturated rings. The Hall–Kier alpha value is -7.46. The van der Waals surface area contributed by atoms with Gasteiger partial charge in [-0.25, -0.2) is 9.97 Å². The summed E-state index contributed by atoms with van der Waals surface area (Å²) in [5.41, 5.74) is 6.69. The third-order valence-corrected chi connectivity index (χ3v) is 13.4. The minimum absolute atomic E-state index is 0.719. The first-order chi connectivity index (χ1) is 29.2. The number of para-hydroxylation sites is 2. The van der Waals surface area contributed by atoms with Gasteiger partial charge in [-0.3, -0.25) is 9.80 Å². The van der Waals surface area contributed by atoms with Crippen LogP contribution >= 0.6 is 22.7 Å². The van der Waals surface area contributed by atoms with Crippen LogP contribution in [0.25, 0.3) is 86.0 Å². The standard InChI is InChI=1S/C50H28N4O3S2/c1-7-15-45-29(9-1)21-49(58-45)53(31-17-19-35-33-11-3-5-13-39(33)55-41(35)23-31)47-25-43-37(27-51-47)38-28-52-48(26-44(38)57-43)54(50-22-30-10-2-8-16-46(30)59-50)32-18-20-36-34-12-4-6-14-40(34)56-42(36)24-32/h1-28H. The predicted octanol–water partition coefficient (Wildman–Crippen LogP) is 15.5. The van der Waals surface area contributed by atoms with Crippen LogP contribution in [0.1, 0.15) is 0 Å². The Morgan fingerprint density at radius 1 is 0.356 bits per heavy atom. The van der Waals surface area contributed by atoms with Crippen LogP contribution < -0.4 is 9.80 Å². The van der Waals surface area contributed by atoms with Crippen molar-refractivity contribution in [3.05, 3.63) is 170 Å². The molecule has 0 bridgehead atoms. The van der Waals surface area contributed by atoms with Gasteiger partial charge in [-0.2, -0.15) is 0 Å². The molecule has 7 nitrogen and oxygen atoms in total.